The lowest BCUT2D eigenvalue weighted by Crippen LogP contribution is -2.49. The van der Waals surface area contributed by atoms with Crippen LogP contribution in [0.15, 0.2) is 42.1 Å². The van der Waals surface area contributed by atoms with Gasteiger partial charge in [0.05, 0.1) is 0 Å². The number of benzene rings is 1. The van der Waals surface area contributed by atoms with Crippen molar-refractivity contribution in [3.05, 3.63) is 53.5 Å². The Balaban J connectivity index is 1.32. The minimum absolute atomic E-state index is 0.338. The molecular formula is C23H30N6S. The Bertz CT molecular complexity index is 934. The minimum Gasteiger partial charge on any atom is -0.402 e. The maximum absolute atomic E-state index is 5.83. The second kappa shape index (κ2) is 8.02. The first-order chi connectivity index (χ1) is 14.6. The zero-order valence-electron chi connectivity index (χ0n) is 17.5. The maximum Gasteiger partial charge on any atom is 0.242 e. The monoisotopic (exact) mass is 422 g/mol. The summed E-state index contributed by atoms with van der Waals surface area (Å²) in [5.74, 6) is 3.37. The van der Waals surface area contributed by atoms with E-state index in [4.69, 9.17) is 28.0 Å². The number of thiocarbonyl (C=S) groups is 1. The smallest absolute Gasteiger partial charge is 0.242 e. The van der Waals surface area contributed by atoms with E-state index >= 15 is 0 Å². The molecule has 2 unspecified atom stereocenters. The van der Waals surface area contributed by atoms with Crippen molar-refractivity contribution in [2.45, 2.75) is 51.1 Å². The van der Waals surface area contributed by atoms with E-state index in [-0.39, 0.29) is 0 Å². The van der Waals surface area contributed by atoms with Crippen LogP contribution in [0.25, 0.3) is 0 Å². The summed E-state index contributed by atoms with van der Waals surface area (Å²) in [6.45, 7) is 4.82. The number of nitrogens with one attached hydrogen (secondary N) is 1. The van der Waals surface area contributed by atoms with Crippen molar-refractivity contribution in [1.82, 2.24) is 19.7 Å². The van der Waals surface area contributed by atoms with Crippen LogP contribution in [0.1, 0.15) is 49.9 Å². The molecule has 4 atom stereocenters. The second-order valence-electron chi connectivity index (χ2n) is 9.02. The number of piperidine rings is 1. The van der Waals surface area contributed by atoms with Gasteiger partial charge in [-0.2, -0.15) is 4.98 Å². The van der Waals surface area contributed by atoms with Crippen molar-refractivity contribution >= 4 is 23.2 Å². The molecule has 6 nitrogen and oxygen atoms in total. The lowest BCUT2D eigenvalue weighted by molar-refractivity contribution is 0.234. The van der Waals surface area contributed by atoms with Crippen LogP contribution in [0.3, 0.4) is 0 Å². The molecule has 3 heterocycles. The summed E-state index contributed by atoms with van der Waals surface area (Å²) in [5, 5.41) is 8.56. The number of hydrogen-bond acceptors (Lipinski definition) is 5. The molecule has 1 saturated heterocycles. The summed E-state index contributed by atoms with van der Waals surface area (Å²) >= 11 is 5.59. The van der Waals surface area contributed by atoms with Crippen molar-refractivity contribution in [2.75, 3.05) is 18.4 Å². The molecule has 1 saturated carbocycles. The van der Waals surface area contributed by atoms with Crippen LogP contribution in [-0.4, -0.2) is 43.8 Å². The minimum atomic E-state index is 0.338. The summed E-state index contributed by atoms with van der Waals surface area (Å²) in [6, 6.07) is 11.1. The Hall–Kier alpha value is -2.41. The predicted octanol–water partition coefficient (Wildman–Crippen LogP) is 3.52. The molecule has 0 amide bonds. The van der Waals surface area contributed by atoms with Crippen LogP contribution in [0.4, 0.5) is 5.95 Å². The Kier molecular flexibility index (Phi) is 5.23. The van der Waals surface area contributed by atoms with Gasteiger partial charge in [0.1, 0.15) is 10.8 Å². The van der Waals surface area contributed by atoms with Gasteiger partial charge in [0.15, 0.2) is 0 Å². The number of hydrogen-bond donors (Lipinski definition) is 2. The van der Waals surface area contributed by atoms with E-state index in [2.05, 4.69) is 45.2 Å². The lowest BCUT2D eigenvalue weighted by Gasteiger charge is -2.39. The molecule has 158 valence electrons. The van der Waals surface area contributed by atoms with E-state index in [9.17, 15) is 0 Å². The third kappa shape index (κ3) is 3.71. The molecule has 3 N–H and O–H groups in total. The number of nitrogens with two attached hydrogens (primary N) is 1. The number of likely N-dealkylation sites (tertiary alicyclic amines) is 1. The van der Waals surface area contributed by atoms with Crippen molar-refractivity contribution in [3.63, 3.8) is 0 Å². The van der Waals surface area contributed by atoms with Crippen LogP contribution in [0, 0.1) is 11.8 Å². The van der Waals surface area contributed by atoms with Gasteiger partial charge in [-0.3, -0.25) is 0 Å². The first-order valence-corrected chi connectivity index (χ1v) is 11.5. The Morgan fingerprint density at radius 1 is 1.17 bits per heavy atom. The number of rotatable bonds is 4. The zero-order chi connectivity index (χ0) is 20.7. The third-order valence-electron chi connectivity index (χ3n) is 6.87. The number of aromatic nitrogens is 3. The number of nitrogens with zero attached hydrogens (tertiary/aromatic N) is 4. The predicted molar refractivity (Wildman–Crippen MR) is 123 cm³/mol. The Morgan fingerprint density at radius 2 is 1.90 bits per heavy atom. The van der Waals surface area contributed by atoms with Gasteiger partial charge in [-0.25, -0.2) is 4.68 Å². The van der Waals surface area contributed by atoms with Gasteiger partial charge in [0.2, 0.25) is 5.95 Å². The normalized spacial score (nSPS) is 28.3. The van der Waals surface area contributed by atoms with E-state index in [1.807, 2.05) is 13.0 Å². The summed E-state index contributed by atoms with van der Waals surface area (Å²) in [5.41, 5.74) is 7.94. The highest BCUT2D eigenvalue weighted by Crippen LogP contribution is 2.39. The standard InChI is InChI=1S/C23H30N6S/c1-15(24)12-20(30)28-13-17-9-10-18(14-28)21(17)25-23-26-22-19(8-5-11-29(22)27-23)16-6-3-2-4-7-16/h2-4,6-7,12,17-19,21H,5,8-11,13-14,24H2,1H3,(H,25,27)/t17-,18+,19?,21?. The molecule has 3 aliphatic rings. The van der Waals surface area contributed by atoms with Gasteiger partial charge in [0, 0.05) is 37.3 Å². The van der Waals surface area contributed by atoms with E-state index < -0.39 is 0 Å². The van der Waals surface area contributed by atoms with Crippen molar-refractivity contribution < 1.29 is 0 Å². The van der Waals surface area contributed by atoms with E-state index in [0.717, 1.165) is 54.9 Å². The van der Waals surface area contributed by atoms with Crippen molar-refractivity contribution in [1.29, 1.82) is 0 Å². The van der Waals surface area contributed by atoms with Crippen LogP contribution >= 0.6 is 12.2 Å². The largest absolute Gasteiger partial charge is 0.402 e. The highest BCUT2D eigenvalue weighted by Gasteiger charge is 2.43. The number of aryl methyl sites for hydroxylation is 1. The molecule has 2 fully saturated rings. The Labute approximate surface area is 183 Å². The zero-order valence-corrected chi connectivity index (χ0v) is 18.3. The average molecular weight is 423 g/mol. The molecule has 2 aromatic rings. The topological polar surface area (TPSA) is 72.0 Å². The lowest BCUT2D eigenvalue weighted by atomic mass is 9.91. The molecule has 1 aromatic heterocycles. The fourth-order valence-corrected chi connectivity index (χ4v) is 5.82. The summed E-state index contributed by atoms with van der Waals surface area (Å²) < 4.78 is 2.12. The molecule has 1 aliphatic carbocycles. The molecule has 0 spiro atoms. The fourth-order valence-electron chi connectivity index (χ4n) is 5.49. The van der Waals surface area contributed by atoms with Crippen LogP contribution in [0.5, 0.6) is 0 Å². The number of fused-ring (bicyclic) bond motifs is 3. The molecule has 2 aliphatic heterocycles. The molecular weight excluding hydrogens is 392 g/mol. The molecule has 1 aromatic carbocycles. The van der Waals surface area contributed by atoms with Crippen LogP contribution < -0.4 is 11.1 Å². The van der Waals surface area contributed by atoms with E-state index in [1.54, 1.807) is 0 Å². The summed E-state index contributed by atoms with van der Waals surface area (Å²) in [4.78, 5) is 8.16. The van der Waals surface area contributed by atoms with Crippen molar-refractivity contribution in [2.24, 2.45) is 17.6 Å². The average Bonchev–Trinajstić information content (AvgIpc) is 3.24. The van der Waals surface area contributed by atoms with Gasteiger partial charge in [-0.15, -0.1) is 5.10 Å². The molecule has 7 heteroatoms. The van der Waals surface area contributed by atoms with Crippen molar-refractivity contribution in [3.8, 4) is 0 Å². The molecule has 5 rings (SSSR count). The van der Waals surface area contributed by atoms with Gasteiger partial charge >= 0.3 is 0 Å². The number of anilines is 1. The van der Waals surface area contributed by atoms with Gasteiger partial charge in [-0.1, -0.05) is 42.5 Å². The third-order valence-corrected chi connectivity index (χ3v) is 7.25. The van der Waals surface area contributed by atoms with Gasteiger partial charge < -0.3 is 16.0 Å². The second-order valence-corrected chi connectivity index (χ2v) is 9.44. The highest BCUT2D eigenvalue weighted by atomic mass is 32.1. The quantitative estimate of drug-likeness (QED) is 0.580. The van der Waals surface area contributed by atoms with E-state index in [1.165, 1.54) is 18.4 Å². The summed E-state index contributed by atoms with van der Waals surface area (Å²) in [7, 11) is 0. The number of allylic oxidation sites excluding steroid dienone is 1. The SMILES string of the molecule is CC(N)=CC(=S)N1C[C@H]2CC[C@@H](C1)C2Nc1nc2n(n1)CCCC2c1ccccc1. The Morgan fingerprint density at radius 3 is 2.60 bits per heavy atom. The van der Waals surface area contributed by atoms with Gasteiger partial charge in [-0.05, 0) is 56.1 Å². The fraction of sp³-hybridized carbons (Fsp3) is 0.522. The molecule has 2 bridgehead atoms. The molecule has 30 heavy (non-hydrogen) atoms. The first kappa shape index (κ1) is 19.5. The van der Waals surface area contributed by atoms with Crippen LogP contribution in [0.2, 0.25) is 0 Å². The first-order valence-electron chi connectivity index (χ1n) is 11.1. The van der Waals surface area contributed by atoms with Crippen LogP contribution in [-0.2, 0) is 6.54 Å². The summed E-state index contributed by atoms with van der Waals surface area (Å²) in [6.07, 6.45) is 6.65. The van der Waals surface area contributed by atoms with E-state index in [0.29, 0.717) is 23.8 Å². The van der Waals surface area contributed by atoms with Gasteiger partial charge in [0.25, 0.3) is 0 Å². The highest BCUT2D eigenvalue weighted by molar-refractivity contribution is 7.80. The molecule has 0 radical (unpaired) electrons. The maximum atomic E-state index is 5.83.